The van der Waals surface area contributed by atoms with Crippen molar-refractivity contribution in [1.29, 1.82) is 0 Å². The van der Waals surface area contributed by atoms with Gasteiger partial charge in [-0.3, -0.25) is 9.48 Å². The fraction of sp³-hybridized carbons (Fsp3) is 0.333. The summed E-state index contributed by atoms with van der Waals surface area (Å²) >= 11 is 0. The third-order valence-electron chi connectivity index (χ3n) is 3.12. The topological polar surface area (TPSA) is 72.9 Å². The average Bonchev–Trinajstić information content (AvgIpc) is 2.91. The van der Waals surface area contributed by atoms with Gasteiger partial charge >= 0.3 is 0 Å². The third-order valence-corrected chi connectivity index (χ3v) is 3.12. The molecule has 5 nitrogen and oxygen atoms in total. The van der Waals surface area contributed by atoms with Gasteiger partial charge < -0.3 is 11.1 Å². The van der Waals surface area contributed by atoms with E-state index in [1.807, 2.05) is 55.1 Å². The molecule has 20 heavy (non-hydrogen) atoms. The molecule has 5 heteroatoms. The first kappa shape index (κ1) is 14.3. The van der Waals surface area contributed by atoms with Crippen molar-refractivity contribution in [2.75, 3.05) is 5.32 Å². The Bertz CT molecular complexity index is 563. The number of anilines is 1. The van der Waals surface area contributed by atoms with E-state index in [1.165, 1.54) is 0 Å². The van der Waals surface area contributed by atoms with Crippen LogP contribution in [0.15, 0.2) is 42.7 Å². The molecule has 1 amide bonds. The smallest absolute Gasteiger partial charge is 0.241 e. The van der Waals surface area contributed by atoms with Gasteiger partial charge in [-0.1, -0.05) is 26.0 Å². The van der Waals surface area contributed by atoms with Crippen molar-refractivity contribution in [3.05, 3.63) is 48.3 Å². The molecule has 2 rings (SSSR count). The number of nitrogens with one attached hydrogen (secondary N) is 1. The van der Waals surface area contributed by atoms with Crippen LogP contribution in [-0.4, -0.2) is 21.7 Å². The first-order valence-corrected chi connectivity index (χ1v) is 6.69. The molecule has 1 atom stereocenters. The molecule has 0 unspecified atom stereocenters. The maximum Gasteiger partial charge on any atom is 0.241 e. The molecule has 3 N–H and O–H groups in total. The molecule has 0 saturated carbocycles. The molecule has 1 aromatic heterocycles. The molecule has 0 aliphatic heterocycles. The molecular formula is C15H20N4O. The van der Waals surface area contributed by atoms with Gasteiger partial charge in [0, 0.05) is 18.1 Å². The first-order chi connectivity index (χ1) is 9.56. The molecule has 2 aromatic rings. The van der Waals surface area contributed by atoms with Crippen LogP contribution < -0.4 is 11.1 Å². The summed E-state index contributed by atoms with van der Waals surface area (Å²) in [5, 5.41) is 7.01. The number of amides is 1. The minimum Gasteiger partial charge on any atom is -0.325 e. The molecule has 0 aliphatic rings. The molecule has 0 radical (unpaired) electrons. The van der Waals surface area contributed by atoms with Crippen LogP contribution in [0.1, 0.15) is 19.4 Å². The summed E-state index contributed by atoms with van der Waals surface area (Å²) in [6.45, 7) is 4.53. The molecule has 1 heterocycles. The van der Waals surface area contributed by atoms with Crippen molar-refractivity contribution in [3.63, 3.8) is 0 Å². The number of nitrogens with two attached hydrogens (primary N) is 1. The largest absolute Gasteiger partial charge is 0.325 e. The van der Waals surface area contributed by atoms with Gasteiger partial charge in [-0.05, 0) is 29.7 Å². The lowest BCUT2D eigenvalue weighted by atomic mass is 10.0. The van der Waals surface area contributed by atoms with Gasteiger partial charge in [0.25, 0.3) is 0 Å². The van der Waals surface area contributed by atoms with Gasteiger partial charge in [0.2, 0.25) is 5.91 Å². The lowest BCUT2D eigenvalue weighted by Crippen LogP contribution is -2.39. The van der Waals surface area contributed by atoms with Gasteiger partial charge in [-0.25, -0.2) is 0 Å². The predicted molar refractivity (Wildman–Crippen MR) is 79.2 cm³/mol. The highest BCUT2D eigenvalue weighted by Gasteiger charge is 2.17. The zero-order chi connectivity index (χ0) is 14.5. The fourth-order valence-electron chi connectivity index (χ4n) is 1.86. The van der Waals surface area contributed by atoms with Crippen LogP contribution >= 0.6 is 0 Å². The molecule has 106 valence electrons. The third kappa shape index (κ3) is 3.68. The van der Waals surface area contributed by atoms with Gasteiger partial charge in [0.15, 0.2) is 0 Å². The van der Waals surface area contributed by atoms with Crippen LogP contribution in [0.3, 0.4) is 0 Å². The van der Waals surface area contributed by atoms with Crippen LogP contribution in [0.2, 0.25) is 0 Å². The summed E-state index contributed by atoms with van der Waals surface area (Å²) < 4.78 is 1.83. The van der Waals surface area contributed by atoms with E-state index < -0.39 is 6.04 Å². The number of carbonyl (C=O) groups is 1. The van der Waals surface area contributed by atoms with Crippen LogP contribution in [0.25, 0.3) is 0 Å². The second-order valence-corrected chi connectivity index (χ2v) is 5.16. The van der Waals surface area contributed by atoms with Crippen LogP contribution in [0.5, 0.6) is 0 Å². The Morgan fingerprint density at radius 2 is 2.20 bits per heavy atom. The zero-order valence-electron chi connectivity index (χ0n) is 11.8. The minimum absolute atomic E-state index is 0.113. The standard InChI is InChI=1S/C15H20N4O/c1-11(2)14(16)15(20)18-13-6-3-5-12(9-13)10-19-8-4-7-17-19/h3-9,11,14H,10,16H2,1-2H3,(H,18,20)/t14-/m1/s1. The quantitative estimate of drug-likeness (QED) is 0.872. The number of carbonyl (C=O) groups excluding carboxylic acids is 1. The highest BCUT2D eigenvalue weighted by Crippen LogP contribution is 2.13. The highest BCUT2D eigenvalue weighted by molar-refractivity contribution is 5.94. The number of benzene rings is 1. The Kier molecular flexibility index (Phi) is 4.53. The van der Waals surface area contributed by atoms with Crippen LogP contribution in [-0.2, 0) is 11.3 Å². The second-order valence-electron chi connectivity index (χ2n) is 5.16. The zero-order valence-corrected chi connectivity index (χ0v) is 11.8. The maximum absolute atomic E-state index is 11.9. The van der Waals surface area contributed by atoms with Crippen molar-refractivity contribution in [3.8, 4) is 0 Å². The number of rotatable bonds is 5. The lowest BCUT2D eigenvalue weighted by molar-refractivity contribution is -0.118. The van der Waals surface area contributed by atoms with Gasteiger partial charge in [0.1, 0.15) is 0 Å². The number of nitrogens with zero attached hydrogens (tertiary/aromatic N) is 2. The summed E-state index contributed by atoms with van der Waals surface area (Å²) in [4.78, 5) is 11.9. The van der Waals surface area contributed by atoms with Crippen molar-refractivity contribution in [2.24, 2.45) is 11.7 Å². The average molecular weight is 272 g/mol. The van der Waals surface area contributed by atoms with Crippen LogP contribution in [0, 0.1) is 5.92 Å². The number of hydrogen-bond donors (Lipinski definition) is 2. The van der Waals surface area contributed by atoms with Gasteiger partial charge in [0.05, 0.1) is 12.6 Å². The summed E-state index contributed by atoms with van der Waals surface area (Å²) in [6.07, 6.45) is 3.65. The Balaban J connectivity index is 2.04. The lowest BCUT2D eigenvalue weighted by Gasteiger charge is -2.15. The summed E-state index contributed by atoms with van der Waals surface area (Å²) in [7, 11) is 0. The molecule has 1 aromatic carbocycles. The monoisotopic (exact) mass is 272 g/mol. The van der Waals surface area contributed by atoms with Crippen molar-refractivity contribution < 1.29 is 4.79 Å². The molecule has 0 bridgehead atoms. The van der Waals surface area contributed by atoms with E-state index >= 15 is 0 Å². The molecule has 0 fully saturated rings. The van der Waals surface area contributed by atoms with E-state index in [1.54, 1.807) is 6.20 Å². The van der Waals surface area contributed by atoms with Gasteiger partial charge in [-0.15, -0.1) is 0 Å². The Labute approximate surface area is 118 Å². The van der Waals surface area contributed by atoms with Crippen molar-refractivity contribution in [2.45, 2.75) is 26.4 Å². The van der Waals surface area contributed by atoms with E-state index in [-0.39, 0.29) is 11.8 Å². The summed E-state index contributed by atoms with van der Waals surface area (Å²) in [6, 6.07) is 9.09. The second kappa shape index (κ2) is 6.34. The first-order valence-electron chi connectivity index (χ1n) is 6.69. The van der Waals surface area contributed by atoms with Gasteiger partial charge in [-0.2, -0.15) is 5.10 Å². The Morgan fingerprint density at radius 1 is 1.40 bits per heavy atom. The van der Waals surface area contributed by atoms with E-state index in [4.69, 9.17) is 5.73 Å². The van der Waals surface area contributed by atoms with E-state index in [9.17, 15) is 4.79 Å². The summed E-state index contributed by atoms with van der Waals surface area (Å²) in [5.41, 5.74) is 7.66. The normalized spacial score (nSPS) is 12.4. The number of hydrogen-bond acceptors (Lipinski definition) is 3. The summed E-state index contributed by atoms with van der Waals surface area (Å²) in [5.74, 6) is -0.0431. The number of aromatic nitrogens is 2. The highest BCUT2D eigenvalue weighted by atomic mass is 16.2. The molecule has 0 spiro atoms. The molecular weight excluding hydrogens is 252 g/mol. The predicted octanol–water partition coefficient (Wildman–Crippen LogP) is 1.85. The van der Waals surface area contributed by atoms with E-state index in [2.05, 4.69) is 10.4 Å². The van der Waals surface area contributed by atoms with Crippen molar-refractivity contribution >= 4 is 11.6 Å². The SMILES string of the molecule is CC(C)[C@@H](N)C(=O)Nc1cccc(Cn2cccn2)c1. The van der Waals surface area contributed by atoms with Crippen molar-refractivity contribution in [1.82, 2.24) is 9.78 Å². The van der Waals surface area contributed by atoms with Crippen LogP contribution in [0.4, 0.5) is 5.69 Å². The fourth-order valence-corrected chi connectivity index (χ4v) is 1.86. The molecule has 0 saturated heterocycles. The Hall–Kier alpha value is -2.14. The minimum atomic E-state index is -0.496. The van der Waals surface area contributed by atoms with E-state index in [0.717, 1.165) is 11.3 Å². The van der Waals surface area contributed by atoms with E-state index in [0.29, 0.717) is 6.54 Å². The maximum atomic E-state index is 11.9. The Morgan fingerprint density at radius 3 is 2.85 bits per heavy atom. The molecule has 0 aliphatic carbocycles.